The maximum atomic E-state index is 11.9. The Bertz CT molecular complexity index is 498. The monoisotopic (exact) mass is 295 g/mol. The smallest absolute Gasteiger partial charge is 0.228 e. The molecule has 5 nitrogen and oxygen atoms in total. The Morgan fingerprint density at radius 1 is 1.50 bits per heavy atom. The third-order valence-electron chi connectivity index (χ3n) is 3.57. The molecule has 1 atom stereocenters. The number of anilines is 1. The van der Waals surface area contributed by atoms with Gasteiger partial charge in [-0.25, -0.2) is 4.98 Å². The number of hydrogen-bond donors (Lipinski definition) is 1. The Labute approximate surface area is 123 Å². The summed E-state index contributed by atoms with van der Waals surface area (Å²) >= 11 is 1.43. The Hall–Kier alpha value is -1.43. The van der Waals surface area contributed by atoms with Crippen LogP contribution in [0.15, 0.2) is 5.38 Å². The minimum Gasteiger partial charge on any atom is -0.353 e. The lowest BCUT2D eigenvalue weighted by molar-refractivity contribution is -0.121. The van der Waals surface area contributed by atoms with Gasteiger partial charge in [0.15, 0.2) is 5.13 Å². The first-order valence-electron chi connectivity index (χ1n) is 7.01. The first-order valence-corrected chi connectivity index (χ1v) is 7.89. The van der Waals surface area contributed by atoms with E-state index in [0.29, 0.717) is 17.5 Å². The van der Waals surface area contributed by atoms with Crippen LogP contribution in [0, 0.1) is 5.92 Å². The maximum absolute atomic E-state index is 11.9. The van der Waals surface area contributed by atoms with Crippen molar-refractivity contribution in [3.63, 3.8) is 0 Å². The number of nitrogens with one attached hydrogen (secondary N) is 1. The molecule has 2 amide bonds. The lowest BCUT2D eigenvalue weighted by Gasteiger charge is -2.16. The number of carbonyl (C=O) groups is 2. The van der Waals surface area contributed by atoms with Crippen molar-refractivity contribution < 1.29 is 9.59 Å². The first-order chi connectivity index (χ1) is 9.47. The van der Waals surface area contributed by atoms with Gasteiger partial charge >= 0.3 is 0 Å². The molecule has 2 heterocycles. The highest BCUT2D eigenvalue weighted by molar-refractivity contribution is 7.14. The van der Waals surface area contributed by atoms with Crippen LogP contribution in [0.25, 0.3) is 0 Å². The minimum atomic E-state index is -0.0178. The zero-order valence-corrected chi connectivity index (χ0v) is 13.0. The molecule has 0 aromatic carbocycles. The lowest BCUT2D eigenvalue weighted by Crippen LogP contribution is -2.37. The van der Waals surface area contributed by atoms with Crippen LogP contribution in [0.4, 0.5) is 5.13 Å². The molecule has 1 aliphatic heterocycles. The highest BCUT2D eigenvalue weighted by Crippen LogP contribution is 2.25. The molecule has 1 fully saturated rings. The fraction of sp³-hybridized carbons (Fsp3) is 0.643. The van der Waals surface area contributed by atoms with E-state index in [9.17, 15) is 9.59 Å². The molecule has 0 bridgehead atoms. The van der Waals surface area contributed by atoms with E-state index in [-0.39, 0.29) is 24.3 Å². The third kappa shape index (κ3) is 3.56. The van der Waals surface area contributed by atoms with Crippen molar-refractivity contribution >= 4 is 28.3 Å². The average molecular weight is 295 g/mol. The second-order valence-electron chi connectivity index (χ2n) is 5.55. The van der Waals surface area contributed by atoms with E-state index < -0.39 is 0 Å². The SMILES string of the molecule is CC(C)C(C)NC(=O)Cc1csc(N2CCCC2=O)n1. The summed E-state index contributed by atoms with van der Waals surface area (Å²) in [5.74, 6) is 0.520. The van der Waals surface area contributed by atoms with Crippen LogP contribution >= 0.6 is 11.3 Å². The summed E-state index contributed by atoms with van der Waals surface area (Å²) in [5.41, 5.74) is 0.734. The molecule has 110 valence electrons. The van der Waals surface area contributed by atoms with Gasteiger partial charge in [0.05, 0.1) is 12.1 Å². The van der Waals surface area contributed by atoms with Gasteiger partial charge in [0.1, 0.15) is 0 Å². The summed E-state index contributed by atoms with van der Waals surface area (Å²) in [4.78, 5) is 29.6. The highest BCUT2D eigenvalue weighted by atomic mass is 32.1. The fourth-order valence-electron chi connectivity index (χ4n) is 1.99. The quantitative estimate of drug-likeness (QED) is 0.903. The van der Waals surface area contributed by atoms with Gasteiger partial charge in [-0.05, 0) is 19.3 Å². The lowest BCUT2D eigenvalue weighted by atomic mass is 10.1. The third-order valence-corrected chi connectivity index (χ3v) is 4.49. The van der Waals surface area contributed by atoms with E-state index >= 15 is 0 Å². The second kappa shape index (κ2) is 6.35. The molecule has 1 saturated heterocycles. The predicted molar refractivity (Wildman–Crippen MR) is 79.8 cm³/mol. The largest absolute Gasteiger partial charge is 0.353 e. The van der Waals surface area contributed by atoms with Crippen LogP contribution < -0.4 is 10.2 Å². The number of aromatic nitrogens is 1. The van der Waals surface area contributed by atoms with Crippen LogP contribution in [0.1, 0.15) is 39.3 Å². The average Bonchev–Trinajstić information content (AvgIpc) is 2.97. The van der Waals surface area contributed by atoms with E-state index in [1.54, 1.807) is 4.90 Å². The zero-order valence-electron chi connectivity index (χ0n) is 12.2. The summed E-state index contributed by atoms with van der Waals surface area (Å²) in [5, 5.41) is 5.54. The van der Waals surface area contributed by atoms with Gasteiger partial charge in [0.2, 0.25) is 11.8 Å². The molecular formula is C14H21N3O2S. The number of amides is 2. The molecule has 1 N–H and O–H groups in total. The number of nitrogens with zero attached hydrogens (tertiary/aromatic N) is 2. The van der Waals surface area contributed by atoms with Gasteiger partial charge in [-0.1, -0.05) is 13.8 Å². The summed E-state index contributed by atoms with van der Waals surface area (Å²) in [6, 6.07) is 0.153. The number of hydrogen-bond acceptors (Lipinski definition) is 4. The van der Waals surface area contributed by atoms with E-state index in [1.807, 2.05) is 12.3 Å². The van der Waals surface area contributed by atoms with Crippen LogP contribution in [-0.4, -0.2) is 29.4 Å². The number of rotatable bonds is 5. The molecule has 0 spiro atoms. The summed E-state index contributed by atoms with van der Waals surface area (Å²) in [7, 11) is 0. The molecule has 0 radical (unpaired) electrons. The van der Waals surface area contributed by atoms with Crippen molar-refractivity contribution in [3.05, 3.63) is 11.1 Å². The maximum Gasteiger partial charge on any atom is 0.228 e. The molecular weight excluding hydrogens is 274 g/mol. The Morgan fingerprint density at radius 2 is 2.25 bits per heavy atom. The summed E-state index contributed by atoms with van der Waals surface area (Å²) < 4.78 is 0. The van der Waals surface area contributed by atoms with Crippen molar-refractivity contribution in [2.75, 3.05) is 11.4 Å². The van der Waals surface area contributed by atoms with Crippen LogP contribution in [-0.2, 0) is 16.0 Å². The first kappa shape index (κ1) is 15.0. The Morgan fingerprint density at radius 3 is 2.85 bits per heavy atom. The van der Waals surface area contributed by atoms with Crippen LogP contribution in [0.5, 0.6) is 0 Å². The molecule has 0 aliphatic carbocycles. The summed E-state index contributed by atoms with van der Waals surface area (Å²) in [6.45, 7) is 6.88. The van der Waals surface area contributed by atoms with Gasteiger partial charge < -0.3 is 5.32 Å². The molecule has 20 heavy (non-hydrogen) atoms. The molecule has 0 saturated carbocycles. The summed E-state index contributed by atoms with van der Waals surface area (Å²) in [6.07, 6.45) is 1.76. The minimum absolute atomic E-state index is 0.0178. The predicted octanol–water partition coefficient (Wildman–Crippen LogP) is 1.97. The second-order valence-corrected chi connectivity index (χ2v) is 6.38. The number of thiazole rings is 1. The van der Waals surface area contributed by atoms with E-state index in [2.05, 4.69) is 24.1 Å². The standard InChI is InChI=1S/C14H21N3O2S/c1-9(2)10(3)15-12(18)7-11-8-20-14(16-11)17-6-4-5-13(17)19/h8-10H,4-7H2,1-3H3,(H,15,18). The fourth-order valence-corrected chi connectivity index (χ4v) is 2.86. The number of carbonyl (C=O) groups excluding carboxylic acids is 2. The normalized spacial score (nSPS) is 16.8. The van der Waals surface area contributed by atoms with Crippen LogP contribution in [0.3, 0.4) is 0 Å². The van der Waals surface area contributed by atoms with Gasteiger partial charge in [-0.15, -0.1) is 11.3 Å². The van der Waals surface area contributed by atoms with Gasteiger partial charge in [0.25, 0.3) is 0 Å². The van der Waals surface area contributed by atoms with Crippen molar-refractivity contribution in [2.45, 2.75) is 46.1 Å². The molecule has 1 unspecified atom stereocenters. The molecule has 1 aromatic heterocycles. The van der Waals surface area contributed by atoms with Gasteiger partial charge in [-0.2, -0.15) is 0 Å². The molecule has 2 rings (SSSR count). The van der Waals surface area contributed by atoms with Crippen LogP contribution in [0.2, 0.25) is 0 Å². The Balaban J connectivity index is 1.92. The molecule has 6 heteroatoms. The zero-order chi connectivity index (χ0) is 14.7. The highest BCUT2D eigenvalue weighted by Gasteiger charge is 2.24. The van der Waals surface area contributed by atoms with Crippen molar-refractivity contribution in [1.82, 2.24) is 10.3 Å². The van der Waals surface area contributed by atoms with Gasteiger partial charge in [-0.3, -0.25) is 14.5 Å². The van der Waals surface area contributed by atoms with Crippen molar-refractivity contribution in [1.29, 1.82) is 0 Å². The Kier molecular flexibility index (Phi) is 4.75. The van der Waals surface area contributed by atoms with E-state index in [4.69, 9.17) is 0 Å². The van der Waals surface area contributed by atoms with Crippen molar-refractivity contribution in [3.8, 4) is 0 Å². The van der Waals surface area contributed by atoms with Crippen molar-refractivity contribution in [2.24, 2.45) is 5.92 Å². The molecule has 1 aliphatic rings. The van der Waals surface area contributed by atoms with Gasteiger partial charge in [0, 0.05) is 24.4 Å². The molecule has 1 aromatic rings. The van der Waals surface area contributed by atoms with E-state index in [0.717, 1.165) is 18.7 Å². The van der Waals surface area contributed by atoms with E-state index in [1.165, 1.54) is 11.3 Å². The topological polar surface area (TPSA) is 62.3 Å².